The molecular formula is C19H22N2O3S2. The van der Waals surface area contributed by atoms with Gasteiger partial charge in [0.25, 0.3) is 0 Å². The van der Waals surface area contributed by atoms with E-state index in [1.165, 1.54) is 4.57 Å². The summed E-state index contributed by atoms with van der Waals surface area (Å²) in [6.07, 6.45) is 0.643. The van der Waals surface area contributed by atoms with Gasteiger partial charge < -0.3 is 4.57 Å². The normalized spacial score (nSPS) is 13.2. The van der Waals surface area contributed by atoms with Gasteiger partial charge in [-0.15, -0.1) is 0 Å². The average molecular weight is 391 g/mol. The lowest BCUT2D eigenvalue weighted by molar-refractivity contribution is 0.549. The molecule has 0 bridgehead atoms. The zero-order valence-corrected chi connectivity index (χ0v) is 16.9. The molecule has 3 rings (SSSR count). The number of aryl methyl sites for hydroxylation is 3. The molecule has 0 radical (unpaired) electrons. The third-order valence-electron chi connectivity index (χ3n) is 4.58. The molecule has 1 heterocycles. The molecule has 0 amide bonds. The lowest BCUT2D eigenvalue weighted by Crippen LogP contribution is -2.28. The van der Waals surface area contributed by atoms with Crippen molar-refractivity contribution in [1.82, 2.24) is 9.29 Å². The van der Waals surface area contributed by atoms with Crippen molar-refractivity contribution >= 4 is 31.6 Å². The van der Waals surface area contributed by atoms with Crippen molar-refractivity contribution in [2.24, 2.45) is 7.05 Å². The Balaban J connectivity index is 1.97. The van der Waals surface area contributed by atoms with E-state index >= 15 is 0 Å². The maximum atomic E-state index is 12.9. The molecule has 0 fully saturated rings. The molecule has 5 nitrogen and oxygen atoms in total. The van der Waals surface area contributed by atoms with Gasteiger partial charge in [-0.25, -0.2) is 13.1 Å². The summed E-state index contributed by atoms with van der Waals surface area (Å²) in [5.41, 5.74) is 3.93. The molecule has 0 aliphatic rings. The quantitative estimate of drug-likeness (QED) is 0.723. The van der Waals surface area contributed by atoms with Crippen LogP contribution in [0.2, 0.25) is 0 Å². The number of nitrogens with one attached hydrogen (secondary N) is 1. The highest BCUT2D eigenvalue weighted by Crippen LogP contribution is 2.26. The van der Waals surface area contributed by atoms with Crippen LogP contribution in [0.5, 0.6) is 0 Å². The Hall–Kier alpha value is -1.96. The molecule has 3 aromatic rings. The molecule has 26 heavy (non-hydrogen) atoms. The smallest absolute Gasteiger partial charge is 0.302 e. The summed E-state index contributed by atoms with van der Waals surface area (Å²) in [6.45, 7) is 5.97. The Morgan fingerprint density at radius 1 is 1.15 bits per heavy atom. The van der Waals surface area contributed by atoms with Gasteiger partial charge in [-0.3, -0.25) is 4.79 Å². The number of rotatable bonds is 5. The van der Waals surface area contributed by atoms with Gasteiger partial charge in [-0.1, -0.05) is 42.0 Å². The van der Waals surface area contributed by atoms with Crippen molar-refractivity contribution < 1.29 is 8.42 Å². The first-order valence-corrected chi connectivity index (χ1v) is 10.7. The van der Waals surface area contributed by atoms with Crippen LogP contribution in [0.4, 0.5) is 0 Å². The number of thiazole rings is 1. The van der Waals surface area contributed by atoms with Crippen LogP contribution in [0.15, 0.2) is 46.1 Å². The van der Waals surface area contributed by atoms with Gasteiger partial charge in [0.1, 0.15) is 0 Å². The Morgan fingerprint density at radius 3 is 2.54 bits per heavy atom. The van der Waals surface area contributed by atoms with E-state index in [0.29, 0.717) is 11.1 Å². The van der Waals surface area contributed by atoms with Crippen LogP contribution in [0.1, 0.15) is 36.1 Å². The van der Waals surface area contributed by atoms with Gasteiger partial charge in [-0.05, 0) is 49.6 Å². The van der Waals surface area contributed by atoms with E-state index in [4.69, 9.17) is 0 Å². The highest BCUT2D eigenvalue weighted by Gasteiger charge is 2.22. The first kappa shape index (κ1) is 18.8. The second-order valence-corrected chi connectivity index (χ2v) is 9.21. The summed E-state index contributed by atoms with van der Waals surface area (Å²) in [4.78, 5) is 11.9. The summed E-state index contributed by atoms with van der Waals surface area (Å²) < 4.78 is 30.8. The Labute approximate surface area is 157 Å². The van der Waals surface area contributed by atoms with E-state index in [9.17, 15) is 13.2 Å². The lowest BCUT2D eigenvalue weighted by atomic mass is 9.98. The summed E-state index contributed by atoms with van der Waals surface area (Å²) in [6, 6.07) is 10.5. The number of fused-ring (bicyclic) bond motifs is 1. The molecule has 1 aromatic heterocycles. The van der Waals surface area contributed by atoms with Crippen molar-refractivity contribution in [3.63, 3.8) is 0 Å². The molecule has 0 aliphatic heterocycles. The van der Waals surface area contributed by atoms with Crippen molar-refractivity contribution in [2.75, 3.05) is 0 Å². The largest absolute Gasteiger partial charge is 0.307 e. The molecule has 2 aromatic carbocycles. The van der Waals surface area contributed by atoms with Crippen LogP contribution < -0.4 is 9.60 Å². The first-order valence-electron chi connectivity index (χ1n) is 8.42. The third-order valence-corrected chi connectivity index (χ3v) is 7.05. The Morgan fingerprint density at radius 2 is 1.88 bits per heavy atom. The van der Waals surface area contributed by atoms with Crippen LogP contribution in [0, 0.1) is 13.8 Å². The number of nitrogens with zero attached hydrogens (tertiary/aromatic N) is 1. The SMILES string of the molecule is CCC(NS(=O)(=O)c1ccc2c(c1)sc(=O)n2C)c1ccc(C)cc1C. The topological polar surface area (TPSA) is 68.2 Å². The molecular weight excluding hydrogens is 368 g/mol. The maximum Gasteiger partial charge on any atom is 0.307 e. The summed E-state index contributed by atoms with van der Waals surface area (Å²) in [5.74, 6) is 0. The fourth-order valence-corrected chi connectivity index (χ4v) is 5.44. The molecule has 1 N–H and O–H groups in total. The van der Waals surface area contributed by atoms with Crippen molar-refractivity contribution in [3.8, 4) is 0 Å². The zero-order valence-electron chi connectivity index (χ0n) is 15.2. The van der Waals surface area contributed by atoms with Gasteiger partial charge in [-0.2, -0.15) is 0 Å². The van der Waals surface area contributed by atoms with Gasteiger partial charge in [0, 0.05) is 13.1 Å². The molecule has 1 unspecified atom stereocenters. The number of hydrogen-bond donors (Lipinski definition) is 1. The van der Waals surface area contributed by atoms with Crippen LogP contribution >= 0.6 is 11.3 Å². The summed E-state index contributed by atoms with van der Waals surface area (Å²) in [5, 5.41) is 0. The lowest BCUT2D eigenvalue weighted by Gasteiger charge is -2.20. The number of aromatic nitrogens is 1. The molecule has 1 atom stereocenters. The monoisotopic (exact) mass is 390 g/mol. The van der Waals surface area contributed by atoms with Gasteiger partial charge in [0.15, 0.2) is 0 Å². The van der Waals surface area contributed by atoms with Crippen LogP contribution in [0.25, 0.3) is 10.2 Å². The molecule has 0 saturated carbocycles. The fourth-order valence-electron chi connectivity index (χ4n) is 3.12. The van der Waals surface area contributed by atoms with Gasteiger partial charge in [0.2, 0.25) is 10.0 Å². The molecule has 0 saturated heterocycles. The van der Waals surface area contributed by atoms with Crippen LogP contribution in [-0.2, 0) is 17.1 Å². The van der Waals surface area contributed by atoms with E-state index in [-0.39, 0.29) is 15.8 Å². The first-order chi connectivity index (χ1) is 12.2. The molecule has 0 spiro atoms. The van der Waals surface area contributed by atoms with E-state index < -0.39 is 10.0 Å². The van der Waals surface area contributed by atoms with E-state index in [1.807, 2.05) is 32.9 Å². The highest BCUT2D eigenvalue weighted by atomic mass is 32.2. The minimum absolute atomic E-state index is 0.107. The second-order valence-electron chi connectivity index (χ2n) is 6.50. The average Bonchev–Trinajstić information content (AvgIpc) is 2.87. The van der Waals surface area contributed by atoms with E-state index in [2.05, 4.69) is 10.8 Å². The highest BCUT2D eigenvalue weighted by molar-refractivity contribution is 7.89. The molecule has 7 heteroatoms. The van der Waals surface area contributed by atoms with Gasteiger partial charge >= 0.3 is 4.87 Å². The van der Waals surface area contributed by atoms with Crippen molar-refractivity contribution in [3.05, 3.63) is 62.8 Å². The van der Waals surface area contributed by atoms with Crippen molar-refractivity contribution in [1.29, 1.82) is 0 Å². The van der Waals surface area contributed by atoms with E-state index in [0.717, 1.165) is 33.5 Å². The van der Waals surface area contributed by atoms with E-state index in [1.54, 1.807) is 25.2 Å². The standard InChI is InChI=1S/C19H22N2O3S2/c1-5-16(15-8-6-12(2)10-13(15)3)20-26(23,24)14-7-9-17-18(11-14)25-19(22)21(17)4/h6-11,16,20H,5H2,1-4H3. The maximum absolute atomic E-state index is 12.9. The summed E-state index contributed by atoms with van der Waals surface area (Å²) in [7, 11) is -2.01. The number of benzene rings is 2. The number of hydrogen-bond acceptors (Lipinski definition) is 4. The summed E-state index contributed by atoms with van der Waals surface area (Å²) >= 11 is 1.05. The predicted octanol–water partition coefficient (Wildman–Crippen LogP) is 3.65. The van der Waals surface area contributed by atoms with Crippen LogP contribution in [-0.4, -0.2) is 13.0 Å². The van der Waals surface area contributed by atoms with Gasteiger partial charge in [0.05, 0.1) is 15.1 Å². The molecule has 0 aliphatic carbocycles. The minimum Gasteiger partial charge on any atom is -0.302 e. The van der Waals surface area contributed by atoms with Crippen LogP contribution in [0.3, 0.4) is 0 Å². The Kier molecular flexibility index (Phi) is 5.05. The predicted molar refractivity (Wildman–Crippen MR) is 106 cm³/mol. The third kappa shape index (κ3) is 3.47. The Bertz CT molecular complexity index is 1130. The fraction of sp³-hybridized carbons (Fsp3) is 0.316. The second kappa shape index (κ2) is 6.98. The molecule has 138 valence electrons. The number of sulfonamides is 1. The van der Waals surface area contributed by atoms with Crippen molar-refractivity contribution in [2.45, 2.75) is 38.1 Å². The minimum atomic E-state index is -3.70. The zero-order chi connectivity index (χ0) is 19.1.